The van der Waals surface area contributed by atoms with Crippen LogP contribution in [0.3, 0.4) is 0 Å². The summed E-state index contributed by atoms with van der Waals surface area (Å²) in [4.78, 5) is 11.2. The summed E-state index contributed by atoms with van der Waals surface area (Å²) in [6.07, 6.45) is 0. The molecule has 0 saturated heterocycles. The number of thioether (sulfide) groups is 1. The predicted molar refractivity (Wildman–Crippen MR) is 150 cm³/mol. The number of nitro groups is 1. The minimum Gasteiger partial charge on any atom is -0.494 e. The average molecular weight is 574 g/mol. The van der Waals surface area contributed by atoms with Gasteiger partial charge in [0.1, 0.15) is 23.4 Å². The number of nitrogens with zero attached hydrogens (tertiary/aromatic N) is 4. The van der Waals surface area contributed by atoms with Crippen LogP contribution in [0.15, 0.2) is 65.8 Å². The standard InChI is InChI=1S/C27H26Cl2N4O4S/c1-4-36-22-11-9-21(10-12-22)33-18(3)30-31-27(33)38-25(15-32(34)35)20-13-23(28)26(24(29)14-20)37-16-19-7-5-17(2)6-8-19/h5-14,25H,4,15-16H2,1-3H3/t25-/m1/s1. The molecule has 0 aliphatic heterocycles. The lowest BCUT2D eigenvalue weighted by Crippen LogP contribution is -2.11. The highest BCUT2D eigenvalue weighted by Crippen LogP contribution is 2.42. The fourth-order valence-electron chi connectivity index (χ4n) is 3.79. The first kappa shape index (κ1) is 27.8. The molecule has 0 saturated carbocycles. The third-order valence-electron chi connectivity index (χ3n) is 5.66. The second-order valence-electron chi connectivity index (χ2n) is 8.50. The van der Waals surface area contributed by atoms with Gasteiger partial charge in [-0.25, -0.2) is 0 Å². The molecule has 0 fully saturated rings. The van der Waals surface area contributed by atoms with Crippen LogP contribution in [0.5, 0.6) is 11.5 Å². The van der Waals surface area contributed by atoms with Gasteiger partial charge in [0.2, 0.25) is 6.54 Å². The maximum atomic E-state index is 11.6. The second-order valence-corrected chi connectivity index (χ2v) is 10.5. The number of aryl methyl sites for hydroxylation is 2. The Morgan fingerprint density at radius 2 is 1.66 bits per heavy atom. The molecule has 38 heavy (non-hydrogen) atoms. The van der Waals surface area contributed by atoms with Crippen LogP contribution in [-0.4, -0.2) is 32.8 Å². The Hall–Kier alpha value is -3.27. The van der Waals surface area contributed by atoms with Gasteiger partial charge in [-0.2, -0.15) is 0 Å². The van der Waals surface area contributed by atoms with Crippen molar-refractivity contribution in [2.45, 2.75) is 37.8 Å². The summed E-state index contributed by atoms with van der Waals surface area (Å²) in [5.74, 6) is 1.72. The average Bonchev–Trinajstić information content (AvgIpc) is 3.24. The van der Waals surface area contributed by atoms with Crippen molar-refractivity contribution in [2.24, 2.45) is 0 Å². The lowest BCUT2D eigenvalue weighted by molar-refractivity contribution is -0.479. The van der Waals surface area contributed by atoms with E-state index in [1.54, 1.807) is 12.1 Å². The lowest BCUT2D eigenvalue weighted by Gasteiger charge is -2.17. The summed E-state index contributed by atoms with van der Waals surface area (Å²) in [5.41, 5.74) is 3.52. The van der Waals surface area contributed by atoms with Gasteiger partial charge >= 0.3 is 0 Å². The molecule has 3 aromatic carbocycles. The van der Waals surface area contributed by atoms with Crippen molar-refractivity contribution < 1.29 is 14.4 Å². The zero-order valence-corrected chi connectivity index (χ0v) is 23.4. The monoisotopic (exact) mass is 572 g/mol. The fourth-order valence-corrected chi connectivity index (χ4v) is 5.56. The maximum Gasteiger partial charge on any atom is 0.220 e. The SMILES string of the molecule is CCOc1ccc(-n2c(C)nnc2S[C@H](C[N+](=O)[O-])c2cc(Cl)c(OCc3ccc(C)cc3)c(Cl)c2)cc1. The van der Waals surface area contributed by atoms with Gasteiger partial charge in [0, 0.05) is 10.6 Å². The van der Waals surface area contributed by atoms with Crippen LogP contribution in [-0.2, 0) is 6.61 Å². The summed E-state index contributed by atoms with van der Waals surface area (Å²) >= 11 is 14.3. The molecule has 1 heterocycles. The molecular weight excluding hydrogens is 547 g/mol. The third-order valence-corrected chi connectivity index (χ3v) is 7.40. The Labute approximate surface area is 235 Å². The Balaban J connectivity index is 1.59. The van der Waals surface area contributed by atoms with E-state index in [4.69, 9.17) is 32.7 Å². The zero-order chi connectivity index (χ0) is 27.2. The van der Waals surface area contributed by atoms with E-state index in [1.165, 1.54) is 11.8 Å². The van der Waals surface area contributed by atoms with E-state index >= 15 is 0 Å². The number of aromatic nitrogens is 3. The first-order valence-corrected chi connectivity index (χ1v) is 13.5. The molecule has 0 amide bonds. The molecule has 8 nitrogen and oxygen atoms in total. The molecule has 1 aromatic heterocycles. The van der Waals surface area contributed by atoms with Crippen LogP contribution in [0.4, 0.5) is 0 Å². The minimum atomic E-state index is -0.629. The van der Waals surface area contributed by atoms with Crippen LogP contribution in [0.2, 0.25) is 10.0 Å². The molecule has 11 heteroatoms. The summed E-state index contributed by atoms with van der Waals surface area (Å²) in [5, 5.41) is 20.5. The Bertz CT molecular complexity index is 1390. The van der Waals surface area contributed by atoms with E-state index in [9.17, 15) is 10.1 Å². The van der Waals surface area contributed by atoms with Crippen molar-refractivity contribution in [3.05, 3.63) is 103 Å². The number of halogens is 2. The van der Waals surface area contributed by atoms with Crippen LogP contribution >= 0.6 is 35.0 Å². The quantitative estimate of drug-likeness (QED) is 0.106. The fraction of sp³-hybridized carbons (Fsp3) is 0.259. The van der Waals surface area contributed by atoms with Gasteiger partial charge in [-0.05, 0) is 68.3 Å². The molecule has 1 atom stereocenters. The maximum absolute atomic E-state index is 11.6. The number of benzene rings is 3. The molecule has 0 spiro atoms. The van der Waals surface area contributed by atoms with Crippen LogP contribution in [0, 0.1) is 24.0 Å². The van der Waals surface area contributed by atoms with Gasteiger partial charge in [-0.1, -0.05) is 64.8 Å². The van der Waals surface area contributed by atoms with Crippen LogP contribution in [0.25, 0.3) is 5.69 Å². The Morgan fingerprint density at radius 1 is 1.00 bits per heavy atom. The predicted octanol–water partition coefficient (Wildman–Crippen LogP) is 7.28. The normalized spacial score (nSPS) is 11.8. The van der Waals surface area contributed by atoms with Crippen molar-refractivity contribution in [1.82, 2.24) is 14.8 Å². The smallest absolute Gasteiger partial charge is 0.220 e. The summed E-state index contributed by atoms with van der Waals surface area (Å²) in [6.45, 7) is 6.24. The van der Waals surface area contributed by atoms with E-state index < -0.39 is 5.25 Å². The van der Waals surface area contributed by atoms with Gasteiger partial charge in [0.25, 0.3) is 0 Å². The minimum absolute atomic E-state index is 0.276. The molecule has 0 unspecified atom stereocenters. The van der Waals surface area contributed by atoms with Gasteiger partial charge < -0.3 is 9.47 Å². The molecular formula is C27H26Cl2N4O4S. The molecule has 0 aliphatic rings. The molecule has 0 radical (unpaired) electrons. The van der Waals surface area contributed by atoms with Crippen LogP contribution < -0.4 is 9.47 Å². The summed E-state index contributed by atoms with van der Waals surface area (Å²) < 4.78 is 13.3. The van der Waals surface area contributed by atoms with E-state index in [2.05, 4.69) is 10.2 Å². The highest BCUT2D eigenvalue weighted by atomic mass is 35.5. The molecule has 198 valence electrons. The lowest BCUT2D eigenvalue weighted by atomic mass is 10.1. The second kappa shape index (κ2) is 12.5. The van der Waals surface area contributed by atoms with Crippen molar-refractivity contribution in [3.8, 4) is 17.2 Å². The third kappa shape index (κ3) is 6.78. The van der Waals surface area contributed by atoms with Crippen LogP contribution in [0.1, 0.15) is 34.7 Å². The first-order chi connectivity index (χ1) is 18.2. The first-order valence-electron chi connectivity index (χ1n) is 11.9. The van der Waals surface area contributed by atoms with Crippen molar-refractivity contribution in [3.63, 3.8) is 0 Å². The van der Waals surface area contributed by atoms with Gasteiger partial charge in [0.05, 0.1) is 16.7 Å². The van der Waals surface area contributed by atoms with E-state index in [0.717, 1.165) is 22.6 Å². The molecule has 0 bridgehead atoms. The topological polar surface area (TPSA) is 92.3 Å². The van der Waals surface area contributed by atoms with Crippen molar-refractivity contribution >= 4 is 35.0 Å². The van der Waals surface area contributed by atoms with Crippen molar-refractivity contribution in [1.29, 1.82) is 0 Å². The summed E-state index contributed by atoms with van der Waals surface area (Å²) in [6, 6.07) is 18.7. The van der Waals surface area contributed by atoms with E-state index in [-0.39, 0.29) is 28.1 Å². The Kier molecular flexibility index (Phi) is 9.14. The molecule has 4 rings (SSSR count). The summed E-state index contributed by atoms with van der Waals surface area (Å²) in [7, 11) is 0. The van der Waals surface area contributed by atoms with Gasteiger partial charge in [-0.3, -0.25) is 14.7 Å². The van der Waals surface area contributed by atoms with Gasteiger partial charge in [-0.15, -0.1) is 10.2 Å². The molecule has 0 N–H and O–H groups in total. The van der Waals surface area contributed by atoms with E-state index in [1.807, 2.05) is 73.9 Å². The largest absolute Gasteiger partial charge is 0.494 e. The zero-order valence-electron chi connectivity index (χ0n) is 21.1. The van der Waals surface area contributed by atoms with Gasteiger partial charge in [0.15, 0.2) is 10.9 Å². The highest BCUT2D eigenvalue weighted by Gasteiger charge is 2.26. The number of rotatable bonds is 11. The molecule has 4 aromatic rings. The Morgan fingerprint density at radius 3 is 2.26 bits per heavy atom. The van der Waals surface area contributed by atoms with E-state index in [0.29, 0.717) is 28.9 Å². The number of hydrogen-bond acceptors (Lipinski definition) is 7. The number of ether oxygens (including phenoxy) is 2. The van der Waals surface area contributed by atoms with Crippen molar-refractivity contribution in [2.75, 3.05) is 13.2 Å². The number of hydrogen-bond donors (Lipinski definition) is 0. The highest BCUT2D eigenvalue weighted by molar-refractivity contribution is 7.99. The molecule has 0 aliphatic carbocycles.